The summed E-state index contributed by atoms with van der Waals surface area (Å²) in [6.07, 6.45) is 5.30. The summed E-state index contributed by atoms with van der Waals surface area (Å²) in [5, 5.41) is 8.73. The van der Waals surface area contributed by atoms with Gasteiger partial charge in [0.15, 0.2) is 0 Å². The summed E-state index contributed by atoms with van der Waals surface area (Å²) in [4.78, 5) is 14.4. The highest BCUT2D eigenvalue weighted by atomic mass is 16.5. The molecule has 3 heterocycles. The van der Waals surface area contributed by atoms with Gasteiger partial charge in [-0.2, -0.15) is 5.10 Å². The molecule has 3 aromatic rings. The van der Waals surface area contributed by atoms with Crippen molar-refractivity contribution in [3.05, 3.63) is 48.5 Å². The summed E-state index contributed by atoms with van der Waals surface area (Å²) in [6.45, 7) is 6.73. The van der Waals surface area contributed by atoms with Gasteiger partial charge in [-0.25, -0.2) is 0 Å². The highest BCUT2D eigenvalue weighted by Crippen LogP contribution is 2.19. The molecular weight excluding hydrogens is 344 g/mol. The number of amides is 1. The topological polar surface area (TPSA) is 72.5 Å². The lowest BCUT2D eigenvalue weighted by molar-refractivity contribution is -0.146. The van der Waals surface area contributed by atoms with Crippen molar-refractivity contribution >= 4 is 22.6 Å². The highest BCUT2D eigenvalue weighted by Gasteiger charge is 2.29. The van der Waals surface area contributed by atoms with Gasteiger partial charge in [0.1, 0.15) is 12.1 Å². The predicted octanol–water partition coefficient (Wildman–Crippen LogP) is 2.88. The van der Waals surface area contributed by atoms with Crippen LogP contribution in [0, 0.1) is 0 Å². The molecule has 1 N–H and O–H groups in total. The van der Waals surface area contributed by atoms with E-state index in [9.17, 15) is 4.79 Å². The van der Waals surface area contributed by atoms with Gasteiger partial charge in [-0.3, -0.25) is 9.48 Å². The second-order valence-electron chi connectivity index (χ2n) is 7.50. The monoisotopic (exact) mass is 368 g/mol. The predicted molar refractivity (Wildman–Crippen MR) is 102 cm³/mol. The number of hydrogen-bond donors (Lipinski definition) is 1. The van der Waals surface area contributed by atoms with E-state index >= 15 is 0 Å². The van der Waals surface area contributed by atoms with E-state index in [4.69, 9.17) is 9.15 Å². The molecular formula is C20H24N4O3. The molecule has 0 saturated carbocycles. The van der Waals surface area contributed by atoms with Crippen LogP contribution in [-0.4, -0.2) is 45.9 Å². The number of hydrogen-bond acceptors (Lipinski definition) is 5. The maximum Gasteiger partial charge on any atom is 0.244 e. The SMILES string of the molecule is CC1(C)CN(C(=O)Cn2cc(NCc3ccc4occc4c3)cn2)CCO1. The molecule has 0 spiro atoms. The third-order valence-corrected chi connectivity index (χ3v) is 4.72. The number of nitrogens with one attached hydrogen (secondary N) is 1. The average molecular weight is 368 g/mol. The zero-order chi connectivity index (χ0) is 18.9. The van der Waals surface area contributed by atoms with Crippen molar-refractivity contribution in [1.82, 2.24) is 14.7 Å². The molecule has 7 nitrogen and oxygen atoms in total. The van der Waals surface area contributed by atoms with E-state index < -0.39 is 0 Å². The zero-order valence-corrected chi connectivity index (χ0v) is 15.6. The number of aromatic nitrogens is 2. The fourth-order valence-corrected chi connectivity index (χ4v) is 3.34. The summed E-state index contributed by atoms with van der Waals surface area (Å²) < 4.78 is 12.7. The molecule has 0 atom stereocenters. The van der Waals surface area contributed by atoms with E-state index in [0.29, 0.717) is 26.2 Å². The Morgan fingerprint density at radius 2 is 2.22 bits per heavy atom. The number of anilines is 1. The molecule has 0 radical (unpaired) electrons. The Kier molecular flexibility index (Phi) is 4.61. The lowest BCUT2D eigenvalue weighted by atomic mass is 10.1. The van der Waals surface area contributed by atoms with Crippen molar-refractivity contribution in [3.8, 4) is 0 Å². The molecule has 2 aromatic heterocycles. The first kappa shape index (κ1) is 17.6. The van der Waals surface area contributed by atoms with Crippen LogP contribution in [0.1, 0.15) is 19.4 Å². The number of fused-ring (bicyclic) bond motifs is 1. The summed E-state index contributed by atoms with van der Waals surface area (Å²) >= 11 is 0. The number of nitrogens with zero attached hydrogens (tertiary/aromatic N) is 3. The fourth-order valence-electron chi connectivity index (χ4n) is 3.34. The van der Waals surface area contributed by atoms with E-state index in [0.717, 1.165) is 22.2 Å². The van der Waals surface area contributed by atoms with E-state index in [1.165, 1.54) is 0 Å². The lowest BCUT2D eigenvalue weighted by Gasteiger charge is -2.38. The summed E-state index contributed by atoms with van der Waals surface area (Å²) in [6, 6.07) is 8.06. The van der Waals surface area contributed by atoms with Crippen LogP contribution in [0.4, 0.5) is 5.69 Å². The maximum atomic E-state index is 12.5. The molecule has 1 fully saturated rings. The Morgan fingerprint density at radius 3 is 3.07 bits per heavy atom. The summed E-state index contributed by atoms with van der Waals surface area (Å²) in [5.74, 6) is 0.0615. The Bertz CT molecular complexity index is 944. The standard InChI is InChI=1S/C20H24N4O3/c1-20(2)14-23(6-8-27-20)19(25)13-24-12-17(11-22-24)21-10-15-3-4-18-16(9-15)5-7-26-18/h3-5,7,9,11-12,21H,6,8,10,13-14H2,1-2H3. The molecule has 1 amide bonds. The van der Waals surface area contributed by atoms with E-state index in [1.807, 2.05) is 43.1 Å². The zero-order valence-electron chi connectivity index (χ0n) is 15.6. The van der Waals surface area contributed by atoms with E-state index in [2.05, 4.69) is 16.5 Å². The first-order valence-electron chi connectivity index (χ1n) is 9.13. The van der Waals surface area contributed by atoms with Crippen LogP contribution in [0.2, 0.25) is 0 Å². The van der Waals surface area contributed by atoms with Crippen LogP contribution >= 0.6 is 0 Å². The van der Waals surface area contributed by atoms with Gasteiger partial charge in [-0.15, -0.1) is 0 Å². The number of furan rings is 1. The molecule has 27 heavy (non-hydrogen) atoms. The summed E-state index contributed by atoms with van der Waals surface area (Å²) in [7, 11) is 0. The number of carbonyl (C=O) groups is 1. The normalized spacial score (nSPS) is 16.6. The average Bonchev–Trinajstić information content (AvgIpc) is 3.27. The second-order valence-corrected chi connectivity index (χ2v) is 7.50. The first-order valence-corrected chi connectivity index (χ1v) is 9.13. The third-order valence-electron chi connectivity index (χ3n) is 4.72. The number of rotatable bonds is 5. The van der Waals surface area contributed by atoms with Crippen molar-refractivity contribution < 1.29 is 13.9 Å². The largest absolute Gasteiger partial charge is 0.464 e. The fraction of sp³-hybridized carbons (Fsp3) is 0.400. The van der Waals surface area contributed by atoms with Crippen molar-refractivity contribution in [2.75, 3.05) is 25.0 Å². The van der Waals surface area contributed by atoms with Crippen LogP contribution in [0.15, 0.2) is 47.3 Å². The van der Waals surface area contributed by atoms with Gasteiger partial charge in [0.2, 0.25) is 5.91 Å². The van der Waals surface area contributed by atoms with E-state index in [1.54, 1.807) is 17.1 Å². The van der Waals surface area contributed by atoms with Gasteiger partial charge in [0.25, 0.3) is 0 Å². The Morgan fingerprint density at radius 1 is 1.33 bits per heavy atom. The van der Waals surface area contributed by atoms with Gasteiger partial charge in [0, 0.05) is 31.2 Å². The van der Waals surface area contributed by atoms with Crippen molar-refractivity contribution in [1.29, 1.82) is 0 Å². The van der Waals surface area contributed by atoms with Crippen molar-refractivity contribution in [2.45, 2.75) is 32.5 Å². The minimum atomic E-state index is -0.291. The molecule has 4 rings (SSSR count). The Hall–Kier alpha value is -2.80. The maximum absolute atomic E-state index is 12.5. The Labute approximate surface area is 157 Å². The molecule has 1 aromatic carbocycles. The first-order chi connectivity index (χ1) is 13.0. The molecule has 7 heteroatoms. The quantitative estimate of drug-likeness (QED) is 0.750. The van der Waals surface area contributed by atoms with Crippen LogP contribution in [0.3, 0.4) is 0 Å². The van der Waals surface area contributed by atoms with Gasteiger partial charge >= 0.3 is 0 Å². The van der Waals surface area contributed by atoms with Gasteiger partial charge in [-0.05, 0) is 37.6 Å². The van der Waals surface area contributed by atoms with Crippen LogP contribution in [0.5, 0.6) is 0 Å². The Balaban J connectivity index is 1.33. The van der Waals surface area contributed by atoms with E-state index in [-0.39, 0.29) is 18.1 Å². The van der Waals surface area contributed by atoms with Gasteiger partial charge in [0.05, 0.1) is 30.4 Å². The van der Waals surface area contributed by atoms with Crippen LogP contribution in [0.25, 0.3) is 11.0 Å². The molecule has 0 aliphatic carbocycles. The molecule has 1 aliphatic heterocycles. The molecule has 142 valence electrons. The number of benzene rings is 1. The van der Waals surface area contributed by atoms with Gasteiger partial charge in [-0.1, -0.05) is 6.07 Å². The van der Waals surface area contributed by atoms with Crippen LogP contribution < -0.4 is 5.32 Å². The van der Waals surface area contributed by atoms with Crippen LogP contribution in [-0.2, 0) is 22.6 Å². The molecule has 1 saturated heterocycles. The number of ether oxygens (including phenoxy) is 1. The summed E-state index contributed by atoms with van der Waals surface area (Å²) in [5.41, 5.74) is 2.64. The smallest absolute Gasteiger partial charge is 0.244 e. The minimum absolute atomic E-state index is 0.0615. The molecule has 1 aliphatic rings. The van der Waals surface area contributed by atoms with Crippen molar-refractivity contribution in [3.63, 3.8) is 0 Å². The lowest BCUT2D eigenvalue weighted by Crippen LogP contribution is -2.51. The van der Waals surface area contributed by atoms with Gasteiger partial charge < -0.3 is 19.4 Å². The molecule has 0 bridgehead atoms. The second kappa shape index (κ2) is 7.08. The van der Waals surface area contributed by atoms with Crippen molar-refractivity contribution in [2.24, 2.45) is 0 Å². The highest BCUT2D eigenvalue weighted by molar-refractivity contribution is 5.78. The number of morpholine rings is 1. The molecule has 0 unspecified atom stereocenters. The number of carbonyl (C=O) groups excluding carboxylic acids is 1. The third kappa shape index (κ3) is 4.14. The minimum Gasteiger partial charge on any atom is -0.464 e.